The van der Waals surface area contributed by atoms with Crippen molar-refractivity contribution in [1.29, 1.82) is 0 Å². The van der Waals surface area contributed by atoms with Gasteiger partial charge in [0.1, 0.15) is 0 Å². The molecule has 0 spiro atoms. The minimum absolute atomic E-state index is 0.154. The molecule has 0 aliphatic rings. The molecule has 6 nitrogen and oxygen atoms in total. The second-order valence-corrected chi connectivity index (χ2v) is 4.20. The van der Waals surface area contributed by atoms with Crippen LogP contribution in [0.3, 0.4) is 0 Å². The summed E-state index contributed by atoms with van der Waals surface area (Å²) < 4.78 is 6.51. The van der Waals surface area contributed by atoms with Crippen molar-refractivity contribution in [2.24, 2.45) is 12.8 Å². The SMILES string of the molecule is Cn1c(=O)c(-c2noc(CN)n2)cc2ccccc21. The fourth-order valence-electron chi connectivity index (χ4n) is 2.03. The summed E-state index contributed by atoms with van der Waals surface area (Å²) >= 11 is 0. The molecule has 0 aliphatic carbocycles. The molecule has 19 heavy (non-hydrogen) atoms. The van der Waals surface area contributed by atoms with E-state index in [4.69, 9.17) is 10.3 Å². The molecular formula is C13H12N4O2. The lowest BCUT2D eigenvalue weighted by Crippen LogP contribution is -2.19. The van der Waals surface area contributed by atoms with Gasteiger partial charge in [-0.25, -0.2) is 0 Å². The Hall–Kier alpha value is -2.47. The van der Waals surface area contributed by atoms with Gasteiger partial charge in [-0.2, -0.15) is 4.98 Å². The summed E-state index contributed by atoms with van der Waals surface area (Å²) in [6, 6.07) is 9.40. The first-order chi connectivity index (χ1) is 9.20. The van der Waals surface area contributed by atoms with Gasteiger partial charge in [0.15, 0.2) is 0 Å². The molecular weight excluding hydrogens is 244 g/mol. The van der Waals surface area contributed by atoms with Crippen LogP contribution in [0.25, 0.3) is 22.3 Å². The van der Waals surface area contributed by atoms with Crippen molar-refractivity contribution in [3.8, 4) is 11.4 Å². The molecule has 0 bridgehead atoms. The van der Waals surface area contributed by atoms with Crippen molar-refractivity contribution >= 4 is 10.9 Å². The predicted molar refractivity (Wildman–Crippen MR) is 70.4 cm³/mol. The summed E-state index contributed by atoms with van der Waals surface area (Å²) in [6.07, 6.45) is 0. The zero-order valence-electron chi connectivity index (χ0n) is 10.3. The van der Waals surface area contributed by atoms with Crippen LogP contribution in [0, 0.1) is 0 Å². The molecule has 0 amide bonds. The van der Waals surface area contributed by atoms with Crippen molar-refractivity contribution < 1.29 is 4.52 Å². The molecule has 0 saturated carbocycles. The maximum Gasteiger partial charge on any atom is 0.262 e. The number of nitrogens with two attached hydrogens (primary N) is 1. The predicted octanol–water partition coefficient (Wildman–Crippen LogP) is 1.05. The van der Waals surface area contributed by atoms with E-state index in [2.05, 4.69) is 10.1 Å². The number of nitrogens with zero attached hydrogens (tertiary/aromatic N) is 3. The van der Waals surface area contributed by atoms with Crippen LogP contribution >= 0.6 is 0 Å². The van der Waals surface area contributed by atoms with Crippen molar-refractivity contribution in [2.75, 3.05) is 0 Å². The van der Waals surface area contributed by atoms with E-state index in [0.717, 1.165) is 10.9 Å². The quantitative estimate of drug-likeness (QED) is 0.740. The Morgan fingerprint density at radius 3 is 2.89 bits per heavy atom. The monoisotopic (exact) mass is 256 g/mol. The second-order valence-electron chi connectivity index (χ2n) is 4.20. The van der Waals surface area contributed by atoms with E-state index in [1.807, 2.05) is 24.3 Å². The van der Waals surface area contributed by atoms with Gasteiger partial charge in [-0.05, 0) is 17.5 Å². The van der Waals surface area contributed by atoms with E-state index in [1.165, 1.54) is 0 Å². The molecule has 2 heterocycles. The van der Waals surface area contributed by atoms with Gasteiger partial charge in [0.25, 0.3) is 5.56 Å². The van der Waals surface area contributed by atoms with E-state index in [9.17, 15) is 4.79 Å². The summed E-state index contributed by atoms with van der Waals surface area (Å²) in [4.78, 5) is 16.4. The maximum atomic E-state index is 12.3. The highest BCUT2D eigenvalue weighted by atomic mass is 16.5. The molecule has 2 aromatic heterocycles. The number of fused-ring (bicyclic) bond motifs is 1. The third-order valence-corrected chi connectivity index (χ3v) is 3.02. The molecule has 0 fully saturated rings. The normalized spacial score (nSPS) is 11.1. The van der Waals surface area contributed by atoms with Gasteiger partial charge < -0.3 is 14.8 Å². The number of para-hydroxylation sites is 1. The Bertz CT molecular complexity index is 804. The molecule has 96 valence electrons. The Kier molecular flexibility index (Phi) is 2.64. The number of aromatic nitrogens is 3. The lowest BCUT2D eigenvalue weighted by molar-refractivity contribution is 0.380. The van der Waals surface area contributed by atoms with Gasteiger partial charge in [-0.1, -0.05) is 23.4 Å². The van der Waals surface area contributed by atoms with Crippen LogP contribution in [0.4, 0.5) is 0 Å². The highest BCUT2D eigenvalue weighted by Crippen LogP contribution is 2.18. The van der Waals surface area contributed by atoms with Gasteiger partial charge >= 0.3 is 0 Å². The Morgan fingerprint density at radius 1 is 1.37 bits per heavy atom. The van der Waals surface area contributed by atoms with E-state index < -0.39 is 0 Å². The summed E-state index contributed by atoms with van der Waals surface area (Å²) in [5, 5.41) is 4.73. The minimum Gasteiger partial charge on any atom is -0.338 e. The minimum atomic E-state index is -0.164. The first-order valence-corrected chi connectivity index (χ1v) is 5.82. The molecule has 3 rings (SSSR count). The van der Waals surface area contributed by atoms with Gasteiger partial charge in [-0.15, -0.1) is 0 Å². The van der Waals surface area contributed by atoms with E-state index in [-0.39, 0.29) is 17.9 Å². The molecule has 0 unspecified atom stereocenters. The molecule has 0 aliphatic heterocycles. The Labute approximate surface area is 108 Å². The van der Waals surface area contributed by atoms with E-state index in [0.29, 0.717) is 11.5 Å². The molecule has 0 radical (unpaired) electrons. The van der Waals surface area contributed by atoms with E-state index in [1.54, 1.807) is 17.7 Å². The third kappa shape index (κ3) is 1.82. The van der Waals surface area contributed by atoms with Gasteiger partial charge in [0.2, 0.25) is 11.7 Å². The largest absolute Gasteiger partial charge is 0.338 e. The fraction of sp³-hybridized carbons (Fsp3) is 0.154. The van der Waals surface area contributed by atoms with Crippen molar-refractivity contribution in [3.05, 3.63) is 46.6 Å². The summed E-state index contributed by atoms with van der Waals surface area (Å²) in [6.45, 7) is 0.154. The summed E-state index contributed by atoms with van der Waals surface area (Å²) in [7, 11) is 1.72. The number of hydrogen-bond donors (Lipinski definition) is 1. The van der Waals surface area contributed by atoms with Crippen molar-refractivity contribution in [1.82, 2.24) is 14.7 Å². The molecule has 2 N–H and O–H groups in total. The van der Waals surface area contributed by atoms with Crippen LogP contribution in [0.2, 0.25) is 0 Å². The molecule has 0 atom stereocenters. The molecule has 6 heteroatoms. The van der Waals surface area contributed by atoms with Gasteiger partial charge in [0, 0.05) is 7.05 Å². The van der Waals surface area contributed by atoms with Crippen LogP contribution in [-0.2, 0) is 13.6 Å². The number of benzene rings is 1. The topological polar surface area (TPSA) is 86.9 Å². The molecule has 0 saturated heterocycles. The summed E-state index contributed by atoms with van der Waals surface area (Å²) in [5.41, 5.74) is 6.52. The Balaban J connectivity index is 2.29. The molecule has 3 aromatic rings. The third-order valence-electron chi connectivity index (χ3n) is 3.02. The highest BCUT2D eigenvalue weighted by molar-refractivity contribution is 5.82. The summed E-state index contributed by atoms with van der Waals surface area (Å²) in [5.74, 6) is 0.581. The number of rotatable bonds is 2. The number of hydrogen-bond acceptors (Lipinski definition) is 5. The number of pyridine rings is 1. The van der Waals surface area contributed by atoms with Crippen molar-refractivity contribution in [2.45, 2.75) is 6.54 Å². The fourth-order valence-corrected chi connectivity index (χ4v) is 2.03. The Morgan fingerprint density at radius 2 is 2.16 bits per heavy atom. The van der Waals surface area contributed by atoms with Gasteiger partial charge in [0.05, 0.1) is 17.6 Å². The van der Waals surface area contributed by atoms with Crippen LogP contribution in [0.1, 0.15) is 5.89 Å². The lowest BCUT2D eigenvalue weighted by atomic mass is 10.1. The first-order valence-electron chi connectivity index (χ1n) is 5.82. The van der Waals surface area contributed by atoms with Crippen LogP contribution in [0.15, 0.2) is 39.6 Å². The standard InChI is InChI=1S/C13H12N4O2/c1-17-10-5-3-2-4-8(10)6-9(13(17)18)12-15-11(7-14)19-16-12/h2-6H,7,14H2,1H3. The first kappa shape index (κ1) is 11.6. The zero-order valence-corrected chi connectivity index (χ0v) is 10.3. The van der Waals surface area contributed by atoms with Crippen molar-refractivity contribution in [3.63, 3.8) is 0 Å². The average Bonchev–Trinajstić information content (AvgIpc) is 2.91. The lowest BCUT2D eigenvalue weighted by Gasteiger charge is -2.06. The number of aryl methyl sites for hydroxylation is 1. The van der Waals surface area contributed by atoms with Crippen LogP contribution in [-0.4, -0.2) is 14.7 Å². The van der Waals surface area contributed by atoms with E-state index >= 15 is 0 Å². The van der Waals surface area contributed by atoms with Crippen LogP contribution < -0.4 is 11.3 Å². The molecule has 1 aromatic carbocycles. The maximum absolute atomic E-state index is 12.3. The highest BCUT2D eigenvalue weighted by Gasteiger charge is 2.14. The zero-order chi connectivity index (χ0) is 13.4. The van der Waals surface area contributed by atoms with Gasteiger partial charge in [-0.3, -0.25) is 4.79 Å². The second kappa shape index (κ2) is 4.33. The average molecular weight is 256 g/mol. The smallest absolute Gasteiger partial charge is 0.262 e. The van der Waals surface area contributed by atoms with Crippen LogP contribution in [0.5, 0.6) is 0 Å².